The summed E-state index contributed by atoms with van der Waals surface area (Å²) in [5.74, 6) is 1.27. The van der Waals surface area contributed by atoms with Crippen LogP contribution in [0, 0.1) is 0 Å². The zero-order valence-corrected chi connectivity index (χ0v) is 10.5. The van der Waals surface area contributed by atoms with Crippen LogP contribution in [-0.2, 0) is 6.42 Å². The fourth-order valence-electron chi connectivity index (χ4n) is 1.39. The SMILES string of the molecule is COc1cc(CCO)c(Cl)cc1OC(C)C. The van der Waals surface area contributed by atoms with Gasteiger partial charge in [-0.2, -0.15) is 0 Å². The molecule has 1 rings (SSSR count). The molecule has 0 fully saturated rings. The lowest BCUT2D eigenvalue weighted by Gasteiger charge is -2.15. The minimum Gasteiger partial charge on any atom is -0.493 e. The third kappa shape index (κ3) is 3.29. The molecule has 0 amide bonds. The molecule has 1 aromatic carbocycles. The summed E-state index contributed by atoms with van der Waals surface area (Å²) in [6, 6.07) is 3.53. The van der Waals surface area contributed by atoms with E-state index in [0.29, 0.717) is 22.9 Å². The maximum Gasteiger partial charge on any atom is 0.163 e. The highest BCUT2D eigenvalue weighted by Crippen LogP contribution is 2.34. The fraction of sp³-hybridized carbons (Fsp3) is 0.500. The van der Waals surface area contributed by atoms with Gasteiger partial charge in [0.2, 0.25) is 0 Å². The van der Waals surface area contributed by atoms with Crippen molar-refractivity contribution in [1.29, 1.82) is 0 Å². The third-order valence-corrected chi connectivity index (χ3v) is 2.43. The van der Waals surface area contributed by atoms with Gasteiger partial charge >= 0.3 is 0 Å². The Balaban J connectivity index is 3.05. The van der Waals surface area contributed by atoms with Crippen molar-refractivity contribution in [3.05, 3.63) is 22.7 Å². The van der Waals surface area contributed by atoms with Crippen molar-refractivity contribution in [1.82, 2.24) is 0 Å². The Hall–Kier alpha value is -0.930. The van der Waals surface area contributed by atoms with Crippen LogP contribution in [0.5, 0.6) is 11.5 Å². The number of hydrogen-bond donors (Lipinski definition) is 1. The fourth-order valence-corrected chi connectivity index (χ4v) is 1.64. The zero-order valence-electron chi connectivity index (χ0n) is 9.79. The molecule has 0 aliphatic carbocycles. The summed E-state index contributed by atoms with van der Waals surface area (Å²) >= 11 is 6.07. The molecule has 0 unspecified atom stereocenters. The van der Waals surface area contributed by atoms with Crippen molar-refractivity contribution in [2.75, 3.05) is 13.7 Å². The highest BCUT2D eigenvalue weighted by atomic mass is 35.5. The molecule has 0 heterocycles. The van der Waals surface area contributed by atoms with Crippen LogP contribution in [0.2, 0.25) is 5.02 Å². The molecule has 3 nitrogen and oxygen atoms in total. The molecular formula is C12H17ClO3. The molecule has 0 atom stereocenters. The van der Waals surface area contributed by atoms with E-state index in [2.05, 4.69) is 0 Å². The lowest BCUT2D eigenvalue weighted by atomic mass is 10.1. The molecule has 1 N–H and O–H groups in total. The van der Waals surface area contributed by atoms with Gasteiger partial charge in [-0.3, -0.25) is 0 Å². The normalized spacial score (nSPS) is 10.6. The second-order valence-corrected chi connectivity index (χ2v) is 4.14. The molecule has 0 aliphatic rings. The predicted molar refractivity (Wildman–Crippen MR) is 64.6 cm³/mol. The molecule has 0 saturated carbocycles. The molecule has 4 heteroatoms. The van der Waals surface area contributed by atoms with Crippen LogP contribution in [0.25, 0.3) is 0 Å². The summed E-state index contributed by atoms with van der Waals surface area (Å²) in [5, 5.41) is 9.48. The Morgan fingerprint density at radius 2 is 2.00 bits per heavy atom. The maximum atomic E-state index is 8.89. The van der Waals surface area contributed by atoms with Gasteiger partial charge in [0, 0.05) is 17.7 Å². The molecule has 0 saturated heterocycles. The first-order chi connectivity index (χ1) is 7.58. The Bertz CT molecular complexity index is 350. The minimum absolute atomic E-state index is 0.0628. The molecule has 0 spiro atoms. The number of methoxy groups -OCH3 is 1. The second kappa shape index (κ2) is 5.97. The number of halogens is 1. The van der Waals surface area contributed by atoms with E-state index in [0.717, 1.165) is 5.56 Å². The minimum atomic E-state index is 0.0628. The molecule has 90 valence electrons. The van der Waals surface area contributed by atoms with Gasteiger partial charge in [-0.15, -0.1) is 0 Å². The van der Waals surface area contributed by atoms with Gasteiger partial charge in [-0.1, -0.05) is 11.6 Å². The molecule has 0 aromatic heterocycles. The van der Waals surface area contributed by atoms with Gasteiger partial charge < -0.3 is 14.6 Å². The van der Waals surface area contributed by atoms with Gasteiger partial charge in [0.25, 0.3) is 0 Å². The number of aliphatic hydroxyl groups is 1. The van der Waals surface area contributed by atoms with E-state index < -0.39 is 0 Å². The van der Waals surface area contributed by atoms with Crippen molar-refractivity contribution in [3.63, 3.8) is 0 Å². The Morgan fingerprint density at radius 1 is 1.31 bits per heavy atom. The third-order valence-electron chi connectivity index (χ3n) is 2.08. The van der Waals surface area contributed by atoms with E-state index in [1.165, 1.54) is 0 Å². The largest absolute Gasteiger partial charge is 0.493 e. The summed E-state index contributed by atoms with van der Waals surface area (Å²) in [5.41, 5.74) is 0.858. The first-order valence-corrected chi connectivity index (χ1v) is 5.60. The van der Waals surface area contributed by atoms with E-state index in [1.54, 1.807) is 19.2 Å². The van der Waals surface area contributed by atoms with E-state index in [-0.39, 0.29) is 12.7 Å². The van der Waals surface area contributed by atoms with Gasteiger partial charge in [0.05, 0.1) is 13.2 Å². The average molecular weight is 245 g/mol. The van der Waals surface area contributed by atoms with E-state index in [4.69, 9.17) is 26.2 Å². The quantitative estimate of drug-likeness (QED) is 0.866. The summed E-state index contributed by atoms with van der Waals surface area (Å²) in [6.45, 7) is 3.94. The standard InChI is InChI=1S/C12H17ClO3/c1-8(2)16-12-7-10(13)9(4-5-14)6-11(12)15-3/h6-8,14H,4-5H2,1-3H3. The Labute approximate surface area is 101 Å². The van der Waals surface area contributed by atoms with Crippen molar-refractivity contribution < 1.29 is 14.6 Å². The van der Waals surface area contributed by atoms with Crippen molar-refractivity contribution in [2.24, 2.45) is 0 Å². The van der Waals surface area contributed by atoms with E-state index in [9.17, 15) is 0 Å². The summed E-state index contributed by atoms with van der Waals surface area (Å²) in [4.78, 5) is 0. The van der Waals surface area contributed by atoms with Crippen LogP contribution in [-0.4, -0.2) is 24.9 Å². The maximum absolute atomic E-state index is 8.89. The Kier molecular flexibility index (Phi) is 4.90. The van der Waals surface area contributed by atoms with E-state index in [1.807, 2.05) is 13.8 Å². The first-order valence-electron chi connectivity index (χ1n) is 5.22. The van der Waals surface area contributed by atoms with Gasteiger partial charge in [-0.05, 0) is 31.9 Å². The number of benzene rings is 1. The lowest BCUT2D eigenvalue weighted by molar-refractivity contribution is 0.230. The van der Waals surface area contributed by atoms with Crippen molar-refractivity contribution in [2.45, 2.75) is 26.4 Å². The molecule has 1 aromatic rings. The van der Waals surface area contributed by atoms with Crippen LogP contribution in [0.3, 0.4) is 0 Å². The first kappa shape index (κ1) is 13.1. The Morgan fingerprint density at radius 3 is 2.50 bits per heavy atom. The summed E-state index contributed by atoms with van der Waals surface area (Å²) in [7, 11) is 1.58. The van der Waals surface area contributed by atoms with Gasteiger partial charge in [0.15, 0.2) is 11.5 Å². The number of aliphatic hydroxyl groups excluding tert-OH is 1. The molecular weight excluding hydrogens is 228 g/mol. The zero-order chi connectivity index (χ0) is 12.1. The highest BCUT2D eigenvalue weighted by Gasteiger charge is 2.11. The van der Waals surface area contributed by atoms with Gasteiger partial charge in [0.1, 0.15) is 0 Å². The molecule has 16 heavy (non-hydrogen) atoms. The summed E-state index contributed by atoms with van der Waals surface area (Å²) in [6.07, 6.45) is 0.575. The van der Waals surface area contributed by atoms with Crippen LogP contribution < -0.4 is 9.47 Å². The molecule has 0 aliphatic heterocycles. The smallest absolute Gasteiger partial charge is 0.163 e. The molecule has 0 radical (unpaired) electrons. The van der Waals surface area contributed by atoms with Crippen LogP contribution in [0.15, 0.2) is 12.1 Å². The van der Waals surface area contributed by atoms with Crippen LogP contribution in [0.4, 0.5) is 0 Å². The lowest BCUT2D eigenvalue weighted by Crippen LogP contribution is -2.07. The highest BCUT2D eigenvalue weighted by molar-refractivity contribution is 6.31. The van der Waals surface area contributed by atoms with Crippen molar-refractivity contribution >= 4 is 11.6 Å². The number of ether oxygens (including phenoxy) is 2. The van der Waals surface area contributed by atoms with Gasteiger partial charge in [-0.25, -0.2) is 0 Å². The van der Waals surface area contributed by atoms with E-state index >= 15 is 0 Å². The second-order valence-electron chi connectivity index (χ2n) is 3.73. The van der Waals surface area contributed by atoms with Crippen LogP contribution in [0.1, 0.15) is 19.4 Å². The number of hydrogen-bond acceptors (Lipinski definition) is 3. The average Bonchev–Trinajstić information content (AvgIpc) is 2.21. The van der Waals surface area contributed by atoms with Crippen molar-refractivity contribution in [3.8, 4) is 11.5 Å². The topological polar surface area (TPSA) is 38.7 Å². The predicted octanol–water partition coefficient (Wildman–Crippen LogP) is 2.67. The van der Waals surface area contributed by atoms with Crippen LogP contribution >= 0.6 is 11.6 Å². The molecule has 0 bridgehead atoms. The number of rotatable bonds is 5. The monoisotopic (exact) mass is 244 g/mol. The summed E-state index contributed by atoms with van der Waals surface area (Å²) < 4.78 is 10.8.